The molecule has 18 heavy (non-hydrogen) atoms. The summed E-state index contributed by atoms with van der Waals surface area (Å²) in [5.74, 6) is 0.540. The maximum atomic E-state index is 10.2. The van der Waals surface area contributed by atoms with E-state index in [4.69, 9.17) is 14.6 Å². The molecule has 0 unspecified atom stereocenters. The molecule has 1 heterocycles. The van der Waals surface area contributed by atoms with Gasteiger partial charge in [0.2, 0.25) is 6.79 Å². The molecular formula is C14H12O4. The zero-order valence-electron chi connectivity index (χ0n) is 9.58. The lowest BCUT2D eigenvalue weighted by Gasteiger charge is -1.96. The van der Waals surface area contributed by atoms with Gasteiger partial charge in [-0.3, -0.25) is 0 Å². The molecule has 1 aromatic carbocycles. The van der Waals surface area contributed by atoms with Crippen molar-refractivity contribution in [2.45, 2.75) is 0 Å². The molecule has 92 valence electrons. The second-order valence-corrected chi connectivity index (χ2v) is 3.55. The fraction of sp³-hybridized carbons (Fsp3) is 0.0714. The highest BCUT2D eigenvalue weighted by Gasteiger charge is 2.11. The molecule has 2 rings (SSSR count). The molecule has 0 bridgehead atoms. The maximum Gasteiger partial charge on any atom is 0.328 e. The Balaban J connectivity index is 1.95. The van der Waals surface area contributed by atoms with Gasteiger partial charge >= 0.3 is 5.97 Å². The van der Waals surface area contributed by atoms with E-state index >= 15 is 0 Å². The fourth-order valence-corrected chi connectivity index (χ4v) is 1.45. The molecule has 4 nitrogen and oxygen atoms in total. The second-order valence-electron chi connectivity index (χ2n) is 3.55. The van der Waals surface area contributed by atoms with E-state index < -0.39 is 5.97 Å². The van der Waals surface area contributed by atoms with Crippen molar-refractivity contribution in [2.75, 3.05) is 6.79 Å². The molecule has 0 aliphatic carbocycles. The van der Waals surface area contributed by atoms with Crippen LogP contribution >= 0.6 is 0 Å². The first-order chi connectivity index (χ1) is 8.75. The molecule has 0 spiro atoms. The summed E-state index contributed by atoms with van der Waals surface area (Å²) in [5.41, 5.74) is 0.992. The largest absolute Gasteiger partial charge is 0.478 e. The van der Waals surface area contributed by atoms with Gasteiger partial charge < -0.3 is 14.6 Å². The molecule has 0 amide bonds. The number of allylic oxidation sites excluding steroid dienone is 4. The number of carboxylic acids is 1. The van der Waals surface area contributed by atoms with Gasteiger partial charge in [-0.1, -0.05) is 36.4 Å². The zero-order chi connectivity index (χ0) is 12.8. The van der Waals surface area contributed by atoms with Gasteiger partial charge in [-0.2, -0.15) is 0 Å². The van der Waals surface area contributed by atoms with E-state index in [0.717, 1.165) is 23.1 Å². The van der Waals surface area contributed by atoms with Crippen LogP contribution in [0.25, 0.3) is 6.08 Å². The number of benzene rings is 1. The SMILES string of the molecule is O=C(O)C=CC=CC=Cc1ccc2c(c1)OCO2. The standard InChI is InChI=1S/C14H12O4/c15-14(16)6-4-2-1-3-5-11-7-8-12-13(9-11)18-10-17-12/h1-9H,10H2,(H,15,16). The molecule has 0 radical (unpaired) electrons. The van der Waals surface area contributed by atoms with Crippen LogP contribution in [0.5, 0.6) is 11.5 Å². The van der Waals surface area contributed by atoms with Crippen molar-refractivity contribution in [1.82, 2.24) is 0 Å². The van der Waals surface area contributed by atoms with Gasteiger partial charge in [-0.25, -0.2) is 4.79 Å². The summed E-state index contributed by atoms with van der Waals surface area (Å²) >= 11 is 0. The first kappa shape index (κ1) is 12.0. The number of hydrogen-bond acceptors (Lipinski definition) is 3. The quantitative estimate of drug-likeness (QED) is 0.653. The lowest BCUT2D eigenvalue weighted by atomic mass is 10.2. The normalized spacial score (nSPS) is 14.0. The fourth-order valence-electron chi connectivity index (χ4n) is 1.45. The van der Waals surface area contributed by atoms with Crippen LogP contribution in [0.4, 0.5) is 0 Å². The number of hydrogen-bond donors (Lipinski definition) is 1. The Bertz CT molecular complexity index is 527. The Labute approximate surface area is 104 Å². The van der Waals surface area contributed by atoms with Gasteiger partial charge in [0.15, 0.2) is 11.5 Å². The van der Waals surface area contributed by atoms with Crippen LogP contribution in [0.15, 0.2) is 48.6 Å². The van der Waals surface area contributed by atoms with Gasteiger partial charge in [0.25, 0.3) is 0 Å². The van der Waals surface area contributed by atoms with E-state index in [1.165, 1.54) is 6.08 Å². The Kier molecular flexibility index (Phi) is 3.81. The molecule has 0 saturated carbocycles. The summed E-state index contributed by atoms with van der Waals surface area (Å²) < 4.78 is 10.5. The highest BCUT2D eigenvalue weighted by Crippen LogP contribution is 2.32. The van der Waals surface area contributed by atoms with Gasteiger partial charge in [-0.15, -0.1) is 0 Å². The molecule has 0 saturated heterocycles. The van der Waals surface area contributed by atoms with E-state index in [-0.39, 0.29) is 6.79 Å². The van der Waals surface area contributed by atoms with Gasteiger partial charge in [0.1, 0.15) is 0 Å². The van der Waals surface area contributed by atoms with Crippen molar-refractivity contribution in [3.05, 3.63) is 54.1 Å². The Morgan fingerprint density at radius 1 is 1.11 bits per heavy atom. The third-order valence-corrected chi connectivity index (χ3v) is 2.26. The minimum Gasteiger partial charge on any atom is -0.478 e. The Morgan fingerprint density at radius 2 is 1.89 bits per heavy atom. The van der Waals surface area contributed by atoms with Crippen LogP contribution in [0.2, 0.25) is 0 Å². The first-order valence-corrected chi connectivity index (χ1v) is 5.40. The average molecular weight is 244 g/mol. The molecular weight excluding hydrogens is 232 g/mol. The third kappa shape index (κ3) is 3.25. The van der Waals surface area contributed by atoms with E-state index in [0.29, 0.717) is 0 Å². The topological polar surface area (TPSA) is 55.8 Å². The highest BCUT2D eigenvalue weighted by molar-refractivity contribution is 5.80. The van der Waals surface area contributed by atoms with Crippen LogP contribution in [-0.4, -0.2) is 17.9 Å². The second kappa shape index (κ2) is 5.72. The molecule has 0 aromatic heterocycles. The predicted molar refractivity (Wildman–Crippen MR) is 67.5 cm³/mol. The average Bonchev–Trinajstić information content (AvgIpc) is 2.80. The maximum absolute atomic E-state index is 10.2. The van der Waals surface area contributed by atoms with E-state index in [2.05, 4.69) is 0 Å². The number of fused-ring (bicyclic) bond motifs is 1. The number of carboxylic acid groups (broad SMARTS) is 1. The van der Waals surface area contributed by atoms with E-state index in [1.807, 2.05) is 30.4 Å². The van der Waals surface area contributed by atoms with Crippen molar-refractivity contribution in [3.63, 3.8) is 0 Å². The molecule has 0 fully saturated rings. The van der Waals surface area contributed by atoms with Crippen molar-refractivity contribution in [3.8, 4) is 11.5 Å². The minimum atomic E-state index is -0.959. The van der Waals surface area contributed by atoms with E-state index in [9.17, 15) is 4.79 Å². The Hall–Kier alpha value is -2.49. The van der Waals surface area contributed by atoms with Crippen molar-refractivity contribution in [2.24, 2.45) is 0 Å². The van der Waals surface area contributed by atoms with E-state index in [1.54, 1.807) is 12.2 Å². The lowest BCUT2D eigenvalue weighted by Crippen LogP contribution is -1.92. The number of aliphatic carboxylic acids is 1. The first-order valence-electron chi connectivity index (χ1n) is 5.40. The van der Waals surface area contributed by atoms with Crippen LogP contribution in [0.3, 0.4) is 0 Å². The smallest absolute Gasteiger partial charge is 0.328 e. The van der Waals surface area contributed by atoms with Crippen LogP contribution < -0.4 is 9.47 Å². The predicted octanol–water partition coefficient (Wildman–Crippen LogP) is 2.63. The summed E-state index contributed by atoms with van der Waals surface area (Å²) in [6, 6.07) is 5.67. The zero-order valence-corrected chi connectivity index (χ0v) is 9.58. The van der Waals surface area contributed by atoms with Crippen LogP contribution in [0.1, 0.15) is 5.56 Å². The number of ether oxygens (including phenoxy) is 2. The summed E-state index contributed by atoms with van der Waals surface area (Å²) in [7, 11) is 0. The van der Waals surface area contributed by atoms with Gasteiger partial charge in [0, 0.05) is 6.08 Å². The highest BCUT2D eigenvalue weighted by atomic mass is 16.7. The summed E-state index contributed by atoms with van der Waals surface area (Å²) in [5, 5.41) is 8.37. The lowest BCUT2D eigenvalue weighted by molar-refractivity contribution is -0.131. The minimum absolute atomic E-state index is 0.266. The molecule has 1 N–H and O–H groups in total. The molecule has 0 atom stereocenters. The summed E-state index contributed by atoms with van der Waals surface area (Å²) in [6.07, 6.45) is 9.66. The van der Waals surface area contributed by atoms with Crippen LogP contribution in [-0.2, 0) is 4.79 Å². The number of carbonyl (C=O) groups is 1. The van der Waals surface area contributed by atoms with Crippen molar-refractivity contribution >= 4 is 12.0 Å². The summed E-state index contributed by atoms with van der Waals surface area (Å²) in [4.78, 5) is 10.2. The third-order valence-electron chi connectivity index (χ3n) is 2.26. The summed E-state index contributed by atoms with van der Waals surface area (Å²) in [6.45, 7) is 0.266. The molecule has 1 aliphatic rings. The molecule has 1 aliphatic heterocycles. The van der Waals surface area contributed by atoms with Crippen molar-refractivity contribution in [1.29, 1.82) is 0 Å². The molecule has 1 aromatic rings. The van der Waals surface area contributed by atoms with Crippen molar-refractivity contribution < 1.29 is 19.4 Å². The number of rotatable bonds is 4. The van der Waals surface area contributed by atoms with Crippen LogP contribution in [0, 0.1) is 0 Å². The Morgan fingerprint density at radius 3 is 2.72 bits per heavy atom. The van der Waals surface area contributed by atoms with Gasteiger partial charge in [0.05, 0.1) is 0 Å². The van der Waals surface area contributed by atoms with Gasteiger partial charge in [-0.05, 0) is 17.7 Å². The molecule has 4 heteroatoms. The monoisotopic (exact) mass is 244 g/mol.